The predicted molar refractivity (Wildman–Crippen MR) is 99.5 cm³/mol. The molecule has 6 N–H and O–H groups in total. The van der Waals surface area contributed by atoms with Crippen LogP contribution < -0.4 is 16.2 Å². The fraction of sp³-hybridized carbons (Fsp3) is 0.0625. The standard InChI is InChI=1S/C16H17N7O2S/c1-10-2-4-12(5-3-10)20-21-14-15(17)22-23-16(14)19-11-6-8-13(9-7-11)26(18,24)25/h2-9H,1H3,(H2,18,24,25)(H4,17,19,22,23). The van der Waals surface area contributed by atoms with Crippen LogP contribution in [0, 0.1) is 6.92 Å². The number of primary sulfonamides is 1. The number of nitrogen functional groups attached to an aromatic ring is 1. The molecule has 0 aliphatic carbocycles. The van der Waals surface area contributed by atoms with Crippen LogP contribution in [0.3, 0.4) is 0 Å². The maximum atomic E-state index is 11.3. The van der Waals surface area contributed by atoms with Gasteiger partial charge in [0.15, 0.2) is 11.5 Å². The summed E-state index contributed by atoms with van der Waals surface area (Å²) in [4.78, 5) is 0.0175. The SMILES string of the molecule is Cc1ccc(N=Nc2c(Nc3ccc(S(N)(=O)=O)cc3)n[nH]c2N)cc1. The topological polar surface area (TPSA) is 152 Å². The molecule has 0 bridgehead atoms. The number of sulfonamides is 1. The number of aromatic nitrogens is 2. The maximum Gasteiger partial charge on any atom is 0.238 e. The second kappa shape index (κ2) is 6.94. The number of hydrogen-bond donors (Lipinski definition) is 4. The molecule has 0 aliphatic rings. The number of nitrogens with zero attached hydrogens (tertiary/aromatic N) is 3. The Kier molecular flexibility index (Phi) is 4.69. The number of azo groups is 1. The van der Waals surface area contributed by atoms with Gasteiger partial charge in [0, 0.05) is 5.69 Å². The van der Waals surface area contributed by atoms with Gasteiger partial charge < -0.3 is 11.1 Å². The number of aryl methyl sites for hydroxylation is 1. The number of aromatic amines is 1. The summed E-state index contributed by atoms with van der Waals surface area (Å²) in [5.74, 6) is 0.617. The van der Waals surface area contributed by atoms with E-state index in [0.29, 0.717) is 22.9 Å². The van der Waals surface area contributed by atoms with Crippen LogP contribution in [0.4, 0.5) is 28.7 Å². The van der Waals surface area contributed by atoms with Crippen molar-refractivity contribution < 1.29 is 8.42 Å². The zero-order valence-electron chi connectivity index (χ0n) is 13.8. The van der Waals surface area contributed by atoms with E-state index in [1.54, 1.807) is 12.1 Å². The highest BCUT2D eigenvalue weighted by molar-refractivity contribution is 7.89. The van der Waals surface area contributed by atoms with Crippen molar-refractivity contribution >= 4 is 38.7 Å². The molecule has 1 heterocycles. The van der Waals surface area contributed by atoms with Crippen molar-refractivity contribution in [3.05, 3.63) is 54.1 Å². The van der Waals surface area contributed by atoms with Crippen LogP contribution in [0.2, 0.25) is 0 Å². The van der Waals surface area contributed by atoms with Crippen LogP contribution in [-0.2, 0) is 10.0 Å². The summed E-state index contributed by atoms with van der Waals surface area (Å²) < 4.78 is 22.6. The number of H-pyrrole nitrogens is 1. The maximum absolute atomic E-state index is 11.3. The molecule has 3 rings (SSSR count). The van der Waals surface area contributed by atoms with Gasteiger partial charge in [0.2, 0.25) is 10.0 Å². The van der Waals surface area contributed by atoms with Crippen molar-refractivity contribution in [1.82, 2.24) is 10.2 Å². The Balaban J connectivity index is 1.82. The van der Waals surface area contributed by atoms with E-state index in [1.807, 2.05) is 31.2 Å². The van der Waals surface area contributed by atoms with Gasteiger partial charge in [-0.2, -0.15) is 10.2 Å². The first-order chi connectivity index (χ1) is 12.3. The van der Waals surface area contributed by atoms with Gasteiger partial charge in [0.25, 0.3) is 0 Å². The van der Waals surface area contributed by atoms with Crippen LogP contribution in [0.25, 0.3) is 0 Å². The molecular formula is C16H17N7O2S. The number of rotatable bonds is 5. The fourth-order valence-electron chi connectivity index (χ4n) is 2.12. The summed E-state index contributed by atoms with van der Waals surface area (Å²) >= 11 is 0. The van der Waals surface area contributed by atoms with Crippen molar-refractivity contribution in [3.8, 4) is 0 Å². The predicted octanol–water partition coefficient (Wildman–Crippen LogP) is 3.11. The summed E-state index contributed by atoms with van der Waals surface area (Å²) in [5.41, 5.74) is 8.60. The van der Waals surface area contributed by atoms with Gasteiger partial charge in [-0.25, -0.2) is 13.6 Å². The zero-order valence-corrected chi connectivity index (χ0v) is 14.7. The third-order valence-corrected chi connectivity index (χ3v) is 4.44. The minimum Gasteiger partial charge on any atom is -0.382 e. The molecule has 9 nitrogen and oxygen atoms in total. The van der Waals surface area contributed by atoms with Gasteiger partial charge in [-0.15, -0.1) is 5.11 Å². The van der Waals surface area contributed by atoms with E-state index in [2.05, 4.69) is 25.7 Å². The lowest BCUT2D eigenvalue weighted by Gasteiger charge is -2.05. The Labute approximate surface area is 150 Å². The van der Waals surface area contributed by atoms with Crippen LogP contribution in [-0.4, -0.2) is 18.6 Å². The number of nitrogens with one attached hydrogen (secondary N) is 2. The molecule has 0 fully saturated rings. The Morgan fingerprint density at radius 2 is 1.69 bits per heavy atom. The van der Waals surface area contributed by atoms with Gasteiger partial charge in [-0.05, 0) is 43.3 Å². The number of anilines is 3. The summed E-state index contributed by atoms with van der Waals surface area (Å²) in [5, 5.41) is 23.1. The third kappa shape index (κ3) is 4.05. The lowest BCUT2D eigenvalue weighted by atomic mass is 10.2. The second-order valence-corrected chi connectivity index (χ2v) is 7.13. The van der Waals surface area contributed by atoms with E-state index in [0.717, 1.165) is 5.56 Å². The Morgan fingerprint density at radius 1 is 1.04 bits per heavy atom. The van der Waals surface area contributed by atoms with E-state index < -0.39 is 10.0 Å². The van der Waals surface area contributed by atoms with Gasteiger partial charge in [-0.1, -0.05) is 17.7 Å². The number of hydrogen-bond acceptors (Lipinski definition) is 7. The Morgan fingerprint density at radius 3 is 2.31 bits per heavy atom. The normalized spacial score (nSPS) is 11.8. The largest absolute Gasteiger partial charge is 0.382 e. The third-order valence-electron chi connectivity index (χ3n) is 3.51. The Bertz CT molecular complexity index is 1040. The molecule has 0 unspecified atom stereocenters. The summed E-state index contributed by atoms with van der Waals surface area (Å²) in [6.45, 7) is 1.98. The van der Waals surface area contributed by atoms with Crippen LogP contribution in [0.5, 0.6) is 0 Å². The quantitative estimate of drug-likeness (QED) is 0.508. The molecule has 0 amide bonds. The van der Waals surface area contributed by atoms with E-state index in [-0.39, 0.29) is 10.7 Å². The summed E-state index contributed by atoms with van der Waals surface area (Å²) in [7, 11) is -3.74. The highest BCUT2D eigenvalue weighted by atomic mass is 32.2. The lowest BCUT2D eigenvalue weighted by Crippen LogP contribution is -2.11. The van der Waals surface area contributed by atoms with E-state index in [1.165, 1.54) is 12.1 Å². The Hall–Kier alpha value is -3.24. The van der Waals surface area contributed by atoms with Crippen molar-refractivity contribution in [2.24, 2.45) is 15.4 Å². The molecule has 0 saturated carbocycles. The van der Waals surface area contributed by atoms with Crippen molar-refractivity contribution in [3.63, 3.8) is 0 Å². The smallest absolute Gasteiger partial charge is 0.238 e. The molecule has 3 aromatic rings. The average Bonchev–Trinajstić information content (AvgIpc) is 2.94. The molecule has 0 spiro atoms. The first-order valence-electron chi connectivity index (χ1n) is 7.55. The van der Waals surface area contributed by atoms with Gasteiger partial charge in [-0.3, -0.25) is 5.10 Å². The summed E-state index contributed by atoms with van der Waals surface area (Å²) in [6.07, 6.45) is 0. The monoisotopic (exact) mass is 371 g/mol. The van der Waals surface area contributed by atoms with Gasteiger partial charge in [0.05, 0.1) is 10.6 Å². The van der Waals surface area contributed by atoms with Crippen LogP contribution in [0.1, 0.15) is 5.56 Å². The molecule has 26 heavy (non-hydrogen) atoms. The van der Waals surface area contributed by atoms with E-state index in [9.17, 15) is 8.42 Å². The molecule has 10 heteroatoms. The van der Waals surface area contributed by atoms with E-state index in [4.69, 9.17) is 10.9 Å². The number of benzene rings is 2. The molecule has 2 aromatic carbocycles. The van der Waals surface area contributed by atoms with Crippen LogP contribution in [0.15, 0.2) is 63.7 Å². The minimum atomic E-state index is -3.74. The molecule has 0 saturated heterocycles. The summed E-state index contributed by atoms with van der Waals surface area (Å²) in [6, 6.07) is 13.4. The average molecular weight is 371 g/mol. The fourth-order valence-corrected chi connectivity index (χ4v) is 2.64. The second-order valence-electron chi connectivity index (χ2n) is 5.56. The lowest BCUT2D eigenvalue weighted by molar-refractivity contribution is 0.598. The van der Waals surface area contributed by atoms with Crippen molar-refractivity contribution in [1.29, 1.82) is 0 Å². The molecule has 0 radical (unpaired) electrons. The highest BCUT2D eigenvalue weighted by Crippen LogP contribution is 2.32. The van der Waals surface area contributed by atoms with E-state index >= 15 is 0 Å². The first-order valence-corrected chi connectivity index (χ1v) is 9.10. The molecule has 1 aromatic heterocycles. The highest BCUT2D eigenvalue weighted by Gasteiger charge is 2.12. The molecule has 0 aliphatic heterocycles. The molecule has 0 atom stereocenters. The first kappa shape index (κ1) is 17.6. The zero-order chi connectivity index (χ0) is 18.7. The van der Waals surface area contributed by atoms with Gasteiger partial charge >= 0.3 is 0 Å². The van der Waals surface area contributed by atoms with Crippen LogP contribution >= 0.6 is 0 Å². The minimum absolute atomic E-state index is 0.0175. The number of nitrogens with two attached hydrogens (primary N) is 2. The molecular weight excluding hydrogens is 354 g/mol. The van der Waals surface area contributed by atoms with Gasteiger partial charge in [0.1, 0.15) is 5.82 Å². The van der Waals surface area contributed by atoms with Crippen molar-refractivity contribution in [2.45, 2.75) is 11.8 Å². The molecule has 134 valence electrons. The van der Waals surface area contributed by atoms with Crippen molar-refractivity contribution in [2.75, 3.05) is 11.1 Å².